The molecule has 0 atom stereocenters. The van der Waals surface area contributed by atoms with Crippen molar-refractivity contribution in [2.24, 2.45) is 0 Å². The molecule has 0 amide bonds. The number of fused-ring (bicyclic) bond motifs is 1. The molecule has 1 heterocycles. The highest BCUT2D eigenvalue weighted by Gasteiger charge is 2.15. The van der Waals surface area contributed by atoms with Crippen LogP contribution in [0.2, 0.25) is 5.02 Å². The van der Waals surface area contributed by atoms with Crippen molar-refractivity contribution in [1.82, 2.24) is 4.98 Å². The average molecular weight is 288 g/mol. The van der Waals surface area contributed by atoms with Gasteiger partial charge in [-0.3, -0.25) is 4.79 Å². The second-order valence-corrected chi connectivity index (χ2v) is 5.15. The Kier molecular flexibility index (Phi) is 3.07. The number of carbonyl (C=O) groups excluding carboxylic acids is 1. The molecular formula is C16H11ClFNO. The molecule has 1 N–H and O–H groups in total. The van der Waals surface area contributed by atoms with Crippen LogP contribution in [0.1, 0.15) is 15.9 Å². The topological polar surface area (TPSA) is 32.9 Å². The molecule has 2 nitrogen and oxygen atoms in total. The third-order valence-electron chi connectivity index (χ3n) is 3.28. The Morgan fingerprint density at radius 2 is 2.05 bits per heavy atom. The lowest BCUT2D eigenvalue weighted by atomic mass is 10.1. The molecule has 0 saturated carbocycles. The van der Waals surface area contributed by atoms with Gasteiger partial charge >= 0.3 is 0 Å². The van der Waals surface area contributed by atoms with E-state index in [4.69, 9.17) is 11.6 Å². The number of aromatic nitrogens is 1. The average Bonchev–Trinajstić information content (AvgIpc) is 2.77. The van der Waals surface area contributed by atoms with Crippen LogP contribution >= 0.6 is 11.6 Å². The number of hydrogen-bond donors (Lipinski definition) is 1. The first-order valence-corrected chi connectivity index (χ1v) is 6.51. The van der Waals surface area contributed by atoms with E-state index in [0.717, 1.165) is 17.4 Å². The zero-order chi connectivity index (χ0) is 14.3. The smallest absolute Gasteiger partial charge is 0.152 e. The quantitative estimate of drug-likeness (QED) is 0.678. The second kappa shape index (κ2) is 4.76. The van der Waals surface area contributed by atoms with Crippen LogP contribution in [0.25, 0.3) is 22.2 Å². The van der Waals surface area contributed by atoms with E-state index in [2.05, 4.69) is 4.98 Å². The molecule has 3 aromatic rings. The van der Waals surface area contributed by atoms with Crippen LogP contribution in [0.15, 0.2) is 36.4 Å². The van der Waals surface area contributed by atoms with Gasteiger partial charge in [-0.1, -0.05) is 23.7 Å². The molecule has 0 spiro atoms. The summed E-state index contributed by atoms with van der Waals surface area (Å²) in [6.07, 6.45) is 0.744. The number of hydrogen-bond acceptors (Lipinski definition) is 1. The summed E-state index contributed by atoms with van der Waals surface area (Å²) in [6, 6.07) is 10.3. The van der Waals surface area contributed by atoms with Crippen LogP contribution in [-0.2, 0) is 0 Å². The maximum atomic E-state index is 14.0. The molecular weight excluding hydrogens is 277 g/mol. The zero-order valence-corrected chi connectivity index (χ0v) is 11.5. The Morgan fingerprint density at radius 3 is 2.75 bits per heavy atom. The number of aromatic amines is 1. The monoisotopic (exact) mass is 287 g/mol. The van der Waals surface area contributed by atoms with E-state index >= 15 is 0 Å². The number of benzene rings is 2. The summed E-state index contributed by atoms with van der Waals surface area (Å²) in [5.41, 5.74) is 2.90. The second-order valence-electron chi connectivity index (χ2n) is 4.71. The lowest BCUT2D eigenvalue weighted by Crippen LogP contribution is -1.84. The van der Waals surface area contributed by atoms with Gasteiger partial charge in [-0.05, 0) is 36.8 Å². The highest BCUT2D eigenvalue weighted by molar-refractivity contribution is 6.30. The highest BCUT2D eigenvalue weighted by Crippen LogP contribution is 2.32. The van der Waals surface area contributed by atoms with E-state index in [0.29, 0.717) is 27.2 Å². The molecule has 0 fully saturated rings. The van der Waals surface area contributed by atoms with Gasteiger partial charge in [0.05, 0.1) is 11.2 Å². The molecule has 0 aliphatic heterocycles. The van der Waals surface area contributed by atoms with Crippen molar-refractivity contribution < 1.29 is 9.18 Å². The molecule has 2 aromatic carbocycles. The van der Waals surface area contributed by atoms with Gasteiger partial charge in [-0.25, -0.2) is 4.39 Å². The van der Waals surface area contributed by atoms with Gasteiger partial charge in [0.25, 0.3) is 0 Å². The van der Waals surface area contributed by atoms with Crippen LogP contribution in [-0.4, -0.2) is 11.3 Å². The van der Waals surface area contributed by atoms with E-state index in [1.54, 1.807) is 31.2 Å². The molecule has 4 heteroatoms. The van der Waals surface area contributed by atoms with Gasteiger partial charge in [0.2, 0.25) is 0 Å². The minimum absolute atomic E-state index is 0.340. The van der Waals surface area contributed by atoms with E-state index < -0.39 is 0 Å². The first-order chi connectivity index (χ1) is 9.60. The predicted octanol–water partition coefficient (Wildman–Crippen LogP) is 4.75. The maximum Gasteiger partial charge on any atom is 0.152 e. The number of H-pyrrole nitrogens is 1. The van der Waals surface area contributed by atoms with Crippen molar-refractivity contribution >= 4 is 28.8 Å². The molecule has 0 unspecified atom stereocenters. The minimum atomic E-state index is -0.364. The molecule has 0 radical (unpaired) electrons. The summed E-state index contributed by atoms with van der Waals surface area (Å²) in [7, 11) is 0. The van der Waals surface area contributed by atoms with Crippen molar-refractivity contribution in [2.75, 3.05) is 0 Å². The van der Waals surface area contributed by atoms with Crippen molar-refractivity contribution in [3.05, 3.63) is 58.4 Å². The lowest BCUT2D eigenvalue weighted by molar-refractivity contribution is 0.112. The standard InChI is InChI=1S/C16H11ClFNO/c1-9-5-12-13(8-20)15(19-16(12)14(18)6-9)10-3-2-4-11(17)7-10/h2-8,19H,1H3. The fourth-order valence-corrected chi connectivity index (χ4v) is 2.59. The fourth-order valence-electron chi connectivity index (χ4n) is 2.40. The van der Waals surface area contributed by atoms with Gasteiger partial charge in [0.1, 0.15) is 5.82 Å². The number of aryl methyl sites for hydroxylation is 1. The van der Waals surface area contributed by atoms with Crippen LogP contribution in [0.4, 0.5) is 4.39 Å². The molecule has 0 saturated heterocycles. The third-order valence-corrected chi connectivity index (χ3v) is 3.51. The summed E-state index contributed by atoms with van der Waals surface area (Å²) >= 11 is 5.97. The lowest BCUT2D eigenvalue weighted by Gasteiger charge is -2.00. The molecule has 100 valence electrons. The van der Waals surface area contributed by atoms with Crippen molar-refractivity contribution in [2.45, 2.75) is 6.92 Å². The highest BCUT2D eigenvalue weighted by atomic mass is 35.5. The van der Waals surface area contributed by atoms with Crippen LogP contribution in [0.5, 0.6) is 0 Å². The normalized spacial score (nSPS) is 10.9. The SMILES string of the molecule is Cc1cc(F)c2[nH]c(-c3cccc(Cl)c3)c(C=O)c2c1. The van der Waals surface area contributed by atoms with Crippen molar-refractivity contribution in [1.29, 1.82) is 0 Å². The Hall–Kier alpha value is -2.13. The Labute approximate surface area is 120 Å². The Balaban J connectivity index is 2.37. The van der Waals surface area contributed by atoms with E-state index in [1.165, 1.54) is 6.07 Å². The van der Waals surface area contributed by atoms with Crippen molar-refractivity contribution in [3.8, 4) is 11.3 Å². The molecule has 1 aromatic heterocycles. The number of nitrogens with one attached hydrogen (secondary N) is 1. The van der Waals surface area contributed by atoms with Gasteiger partial charge in [0.15, 0.2) is 6.29 Å². The summed E-state index contributed by atoms with van der Waals surface area (Å²) in [6.45, 7) is 1.79. The summed E-state index contributed by atoms with van der Waals surface area (Å²) < 4.78 is 14.0. The Bertz CT molecular complexity index is 823. The maximum absolute atomic E-state index is 14.0. The number of carbonyl (C=O) groups is 1. The predicted molar refractivity (Wildman–Crippen MR) is 78.8 cm³/mol. The summed E-state index contributed by atoms with van der Waals surface area (Å²) in [4.78, 5) is 14.4. The summed E-state index contributed by atoms with van der Waals surface area (Å²) in [5.74, 6) is -0.364. The van der Waals surface area contributed by atoms with Gasteiger partial charge in [0, 0.05) is 21.5 Å². The van der Waals surface area contributed by atoms with E-state index in [1.807, 2.05) is 6.07 Å². The minimum Gasteiger partial charge on any atom is -0.352 e. The number of halogens is 2. The van der Waals surface area contributed by atoms with E-state index in [9.17, 15) is 9.18 Å². The molecule has 20 heavy (non-hydrogen) atoms. The fraction of sp³-hybridized carbons (Fsp3) is 0.0625. The Morgan fingerprint density at radius 1 is 1.25 bits per heavy atom. The van der Waals surface area contributed by atoms with Gasteiger partial charge < -0.3 is 4.98 Å². The first kappa shape index (κ1) is 12.9. The zero-order valence-electron chi connectivity index (χ0n) is 10.7. The van der Waals surface area contributed by atoms with Gasteiger partial charge in [-0.2, -0.15) is 0 Å². The molecule has 0 aliphatic carbocycles. The van der Waals surface area contributed by atoms with Crippen LogP contribution in [0, 0.1) is 12.7 Å². The first-order valence-electron chi connectivity index (χ1n) is 6.13. The van der Waals surface area contributed by atoms with Crippen molar-refractivity contribution in [3.63, 3.8) is 0 Å². The van der Waals surface area contributed by atoms with Gasteiger partial charge in [-0.15, -0.1) is 0 Å². The van der Waals surface area contributed by atoms with Crippen LogP contribution in [0.3, 0.4) is 0 Å². The number of aldehydes is 1. The molecule has 0 aliphatic rings. The van der Waals surface area contributed by atoms with Crippen LogP contribution < -0.4 is 0 Å². The van der Waals surface area contributed by atoms with E-state index in [-0.39, 0.29) is 5.82 Å². The number of rotatable bonds is 2. The largest absolute Gasteiger partial charge is 0.352 e. The summed E-state index contributed by atoms with van der Waals surface area (Å²) in [5, 5.41) is 1.15. The molecule has 0 bridgehead atoms. The molecule has 3 rings (SSSR count). The third kappa shape index (κ3) is 2.00.